The van der Waals surface area contributed by atoms with Crippen LogP contribution in [0.15, 0.2) is 18.2 Å². The quantitative estimate of drug-likeness (QED) is 0.893. The lowest BCUT2D eigenvalue weighted by Gasteiger charge is -2.26. The first-order valence-electron chi connectivity index (χ1n) is 6.48. The van der Waals surface area contributed by atoms with Crippen LogP contribution in [-0.4, -0.2) is 25.7 Å². The number of hydrogen-bond acceptors (Lipinski definition) is 3. The van der Waals surface area contributed by atoms with E-state index in [1.54, 1.807) is 0 Å². The molecule has 2 rings (SSSR count). The van der Waals surface area contributed by atoms with Crippen LogP contribution in [-0.2, 0) is 15.8 Å². The summed E-state index contributed by atoms with van der Waals surface area (Å²) in [4.78, 5) is 0. The second-order valence-electron chi connectivity index (χ2n) is 5.13. The van der Waals surface area contributed by atoms with Gasteiger partial charge in [-0.1, -0.05) is 17.7 Å². The van der Waals surface area contributed by atoms with Crippen LogP contribution in [0.25, 0.3) is 0 Å². The van der Waals surface area contributed by atoms with Gasteiger partial charge >= 0.3 is 0 Å². The van der Waals surface area contributed by atoms with Crippen molar-refractivity contribution in [1.29, 1.82) is 0 Å². The van der Waals surface area contributed by atoms with E-state index in [2.05, 4.69) is 4.72 Å². The maximum atomic E-state index is 13.0. The van der Waals surface area contributed by atoms with Crippen LogP contribution in [0, 0.1) is 5.82 Å². The SMILES string of the molecule is O=S(=O)(Cc1ccc(F)c(Cl)c1)NC1CCC(O)CC1. The van der Waals surface area contributed by atoms with Gasteiger partial charge in [-0.25, -0.2) is 17.5 Å². The molecule has 0 aromatic heterocycles. The third-order valence-corrected chi connectivity index (χ3v) is 5.08. The van der Waals surface area contributed by atoms with Gasteiger partial charge < -0.3 is 5.11 Å². The van der Waals surface area contributed by atoms with Gasteiger partial charge in [0.1, 0.15) is 5.82 Å². The first kappa shape index (κ1) is 15.7. The van der Waals surface area contributed by atoms with E-state index in [9.17, 15) is 17.9 Å². The van der Waals surface area contributed by atoms with Crippen LogP contribution in [0.2, 0.25) is 5.02 Å². The smallest absolute Gasteiger partial charge is 0.216 e. The number of sulfonamides is 1. The van der Waals surface area contributed by atoms with Crippen molar-refractivity contribution in [3.63, 3.8) is 0 Å². The molecule has 112 valence electrons. The van der Waals surface area contributed by atoms with Crippen LogP contribution in [0.4, 0.5) is 4.39 Å². The van der Waals surface area contributed by atoms with Crippen LogP contribution in [0.3, 0.4) is 0 Å². The molecule has 0 spiro atoms. The Morgan fingerprint density at radius 1 is 1.30 bits per heavy atom. The molecule has 1 aromatic rings. The van der Waals surface area contributed by atoms with Gasteiger partial charge in [-0.05, 0) is 43.4 Å². The minimum absolute atomic E-state index is 0.0847. The summed E-state index contributed by atoms with van der Waals surface area (Å²) >= 11 is 5.63. The fourth-order valence-electron chi connectivity index (χ4n) is 2.34. The summed E-state index contributed by atoms with van der Waals surface area (Å²) in [5.41, 5.74) is 0.444. The summed E-state index contributed by atoms with van der Waals surface area (Å²) in [5, 5.41) is 9.30. The number of nitrogens with one attached hydrogen (secondary N) is 1. The van der Waals surface area contributed by atoms with Crippen LogP contribution >= 0.6 is 11.6 Å². The molecule has 20 heavy (non-hydrogen) atoms. The largest absolute Gasteiger partial charge is 0.393 e. The van der Waals surface area contributed by atoms with Crippen molar-refractivity contribution in [2.24, 2.45) is 0 Å². The van der Waals surface area contributed by atoms with Crippen LogP contribution in [0.1, 0.15) is 31.2 Å². The Morgan fingerprint density at radius 3 is 2.55 bits per heavy atom. The Bertz CT molecular complexity index is 571. The van der Waals surface area contributed by atoms with Crippen molar-refractivity contribution in [2.75, 3.05) is 0 Å². The summed E-state index contributed by atoms with van der Waals surface area (Å²) < 4.78 is 39.7. The summed E-state index contributed by atoms with van der Waals surface area (Å²) in [5.74, 6) is -0.798. The average Bonchev–Trinajstić information content (AvgIpc) is 2.36. The lowest BCUT2D eigenvalue weighted by atomic mass is 9.94. The number of aliphatic hydroxyl groups excluding tert-OH is 1. The second kappa shape index (κ2) is 6.39. The first-order chi connectivity index (χ1) is 9.35. The third kappa shape index (κ3) is 4.41. The van der Waals surface area contributed by atoms with Gasteiger partial charge in [0.2, 0.25) is 10.0 Å². The molecule has 4 nitrogen and oxygen atoms in total. The highest BCUT2D eigenvalue weighted by Gasteiger charge is 2.24. The fourth-order valence-corrected chi connectivity index (χ4v) is 3.99. The highest BCUT2D eigenvalue weighted by atomic mass is 35.5. The molecular weight excluding hydrogens is 305 g/mol. The number of aliphatic hydroxyl groups is 1. The van der Waals surface area contributed by atoms with Crippen LogP contribution in [0.5, 0.6) is 0 Å². The molecule has 1 aliphatic carbocycles. The zero-order valence-electron chi connectivity index (χ0n) is 10.9. The number of benzene rings is 1. The van der Waals surface area contributed by atoms with E-state index < -0.39 is 15.8 Å². The molecule has 0 atom stereocenters. The Labute approximate surface area is 123 Å². The van der Waals surface area contributed by atoms with Crippen molar-refractivity contribution in [1.82, 2.24) is 4.72 Å². The van der Waals surface area contributed by atoms with E-state index in [-0.39, 0.29) is 22.9 Å². The van der Waals surface area contributed by atoms with E-state index in [1.807, 2.05) is 0 Å². The van der Waals surface area contributed by atoms with Gasteiger partial charge in [-0.3, -0.25) is 0 Å². The molecule has 0 saturated heterocycles. The average molecular weight is 322 g/mol. The summed E-state index contributed by atoms with van der Waals surface area (Å²) in [6.45, 7) is 0. The van der Waals surface area contributed by atoms with E-state index >= 15 is 0 Å². The van der Waals surface area contributed by atoms with Gasteiger partial charge in [0.15, 0.2) is 0 Å². The van der Waals surface area contributed by atoms with Crippen LogP contribution < -0.4 is 4.72 Å². The van der Waals surface area contributed by atoms with E-state index in [1.165, 1.54) is 12.1 Å². The summed E-state index contributed by atoms with van der Waals surface area (Å²) in [7, 11) is -3.49. The highest BCUT2D eigenvalue weighted by Crippen LogP contribution is 2.21. The standard InChI is InChI=1S/C13H17ClFNO3S/c14-12-7-9(1-6-13(12)15)8-20(18,19)16-10-2-4-11(17)5-3-10/h1,6-7,10-11,16-17H,2-5,8H2. The topological polar surface area (TPSA) is 66.4 Å². The second-order valence-corrected chi connectivity index (χ2v) is 7.29. The maximum absolute atomic E-state index is 13.0. The molecule has 0 bridgehead atoms. The maximum Gasteiger partial charge on any atom is 0.216 e. The molecule has 1 aliphatic rings. The molecule has 0 radical (unpaired) electrons. The molecule has 0 unspecified atom stereocenters. The number of halogens is 2. The number of hydrogen-bond donors (Lipinski definition) is 2. The lowest BCUT2D eigenvalue weighted by Crippen LogP contribution is -2.39. The zero-order valence-corrected chi connectivity index (χ0v) is 12.4. The predicted molar refractivity (Wildman–Crippen MR) is 75.4 cm³/mol. The van der Waals surface area contributed by atoms with Gasteiger partial charge in [-0.2, -0.15) is 0 Å². The Balaban J connectivity index is 1.98. The predicted octanol–water partition coefficient (Wildman–Crippen LogP) is 2.20. The normalized spacial score (nSPS) is 23.8. The van der Waals surface area contributed by atoms with Crippen molar-refractivity contribution in [3.8, 4) is 0 Å². The van der Waals surface area contributed by atoms with Crippen molar-refractivity contribution < 1.29 is 17.9 Å². The highest BCUT2D eigenvalue weighted by molar-refractivity contribution is 7.88. The molecule has 2 N–H and O–H groups in total. The van der Waals surface area contributed by atoms with Gasteiger partial charge in [-0.15, -0.1) is 0 Å². The molecule has 1 aromatic carbocycles. The fraction of sp³-hybridized carbons (Fsp3) is 0.538. The molecule has 7 heteroatoms. The summed E-state index contributed by atoms with van der Waals surface area (Å²) in [6, 6.07) is 3.75. The Morgan fingerprint density at radius 2 is 1.95 bits per heavy atom. The van der Waals surface area contributed by atoms with E-state index in [0.717, 1.165) is 6.07 Å². The summed E-state index contributed by atoms with van der Waals surface area (Å²) in [6.07, 6.45) is 2.15. The Kier molecular flexibility index (Phi) is 5.01. The molecule has 0 aliphatic heterocycles. The van der Waals surface area contributed by atoms with E-state index in [4.69, 9.17) is 11.6 Å². The van der Waals surface area contributed by atoms with Crippen molar-refractivity contribution >= 4 is 21.6 Å². The molecular formula is C13H17ClFNO3S. The monoisotopic (exact) mass is 321 g/mol. The minimum Gasteiger partial charge on any atom is -0.393 e. The van der Waals surface area contributed by atoms with Gasteiger partial charge in [0.25, 0.3) is 0 Å². The van der Waals surface area contributed by atoms with Gasteiger partial charge in [0.05, 0.1) is 16.9 Å². The molecule has 1 saturated carbocycles. The van der Waals surface area contributed by atoms with Crippen molar-refractivity contribution in [2.45, 2.75) is 43.6 Å². The van der Waals surface area contributed by atoms with Gasteiger partial charge in [0, 0.05) is 6.04 Å². The molecule has 0 heterocycles. The number of rotatable bonds is 4. The third-order valence-electron chi connectivity index (χ3n) is 3.38. The van der Waals surface area contributed by atoms with Crippen molar-refractivity contribution in [3.05, 3.63) is 34.6 Å². The first-order valence-corrected chi connectivity index (χ1v) is 8.51. The zero-order chi connectivity index (χ0) is 14.8. The Hall–Kier alpha value is -0.690. The lowest BCUT2D eigenvalue weighted by molar-refractivity contribution is 0.120. The van der Waals surface area contributed by atoms with E-state index in [0.29, 0.717) is 31.2 Å². The molecule has 1 fully saturated rings. The minimum atomic E-state index is -3.49. The molecule has 0 amide bonds.